The van der Waals surface area contributed by atoms with Gasteiger partial charge in [0.25, 0.3) is 0 Å². The lowest BCUT2D eigenvalue weighted by Gasteiger charge is -2.34. The summed E-state index contributed by atoms with van der Waals surface area (Å²) < 4.78 is 0. The second-order valence-electron chi connectivity index (χ2n) is 4.46. The van der Waals surface area contributed by atoms with Gasteiger partial charge in [-0.15, -0.1) is 12.4 Å². The minimum atomic E-state index is -0.328. The van der Waals surface area contributed by atoms with E-state index < -0.39 is 0 Å². The van der Waals surface area contributed by atoms with Gasteiger partial charge in [0, 0.05) is 24.1 Å². The van der Waals surface area contributed by atoms with E-state index in [1.165, 1.54) is 0 Å². The summed E-state index contributed by atoms with van der Waals surface area (Å²) in [5.41, 5.74) is 5.88. The molecule has 1 aliphatic heterocycles. The van der Waals surface area contributed by atoms with Crippen LogP contribution in [0.15, 0.2) is 0 Å². The van der Waals surface area contributed by atoms with Crippen LogP contribution in [-0.2, 0) is 4.79 Å². The van der Waals surface area contributed by atoms with E-state index in [1.54, 1.807) is 0 Å². The maximum Gasteiger partial charge on any atom is 0.239 e. The molecule has 96 valence electrons. The monoisotopic (exact) mass is 266 g/mol. The van der Waals surface area contributed by atoms with Crippen molar-refractivity contribution in [2.75, 3.05) is 18.8 Å². The molecule has 1 fully saturated rings. The fraction of sp³-hybridized carbons (Fsp3) is 0.909. The summed E-state index contributed by atoms with van der Waals surface area (Å²) in [6, 6.07) is -0.328. The number of hydrogen-bond acceptors (Lipinski definition) is 3. The molecule has 1 saturated heterocycles. The van der Waals surface area contributed by atoms with Crippen LogP contribution in [0.25, 0.3) is 0 Å². The maximum absolute atomic E-state index is 12.0. The number of halogens is 1. The van der Waals surface area contributed by atoms with Crippen LogP contribution in [0.4, 0.5) is 0 Å². The fourth-order valence-corrected chi connectivity index (χ4v) is 2.84. The van der Waals surface area contributed by atoms with Gasteiger partial charge in [0.2, 0.25) is 5.91 Å². The lowest BCUT2D eigenvalue weighted by atomic mass is 10.0. The quantitative estimate of drug-likeness (QED) is 0.847. The van der Waals surface area contributed by atoms with Crippen molar-refractivity contribution < 1.29 is 4.79 Å². The highest BCUT2D eigenvalue weighted by molar-refractivity contribution is 8.00. The van der Waals surface area contributed by atoms with Gasteiger partial charge in [-0.2, -0.15) is 11.8 Å². The Morgan fingerprint density at radius 2 is 2.19 bits per heavy atom. The van der Waals surface area contributed by atoms with Gasteiger partial charge >= 0.3 is 0 Å². The van der Waals surface area contributed by atoms with Gasteiger partial charge in [-0.05, 0) is 12.3 Å². The number of nitrogens with two attached hydrogens (primary N) is 1. The van der Waals surface area contributed by atoms with E-state index in [9.17, 15) is 4.79 Å². The zero-order valence-electron chi connectivity index (χ0n) is 10.3. The number of amides is 1. The summed E-state index contributed by atoms with van der Waals surface area (Å²) in [4.78, 5) is 13.9. The van der Waals surface area contributed by atoms with Crippen LogP contribution in [0.1, 0.15) is 27.2 Å². The molecule has 0 aromatic heterocycles. The van der Waals surface area contributed by atoms with E-state index >= 15 is 0 Å². The van der Waals surface area contributed by atoms with Crippen LogP contribution in [0.3, 0.4) is 0 Å². The summed E-state index contributed by atoms with van der Waals surface area (Å²) >= 11 is 1.97. The van der Waals surface area contributed by atoms with Crippen molar-refractivity contribution in [2.24, 2.45) is 11.7 Å². The van der Waals surface area contributed by atoms with Gasteiger partial charge < -0.3 is 10.6 Å². The fourth-order valence-electron chi connectivity index (χ4n) is 1.66. The van der Waals surface area contributed by atoms with Crippen molar-refractivity contribution in [2.45, 2.75) is 38.5 Å². The average molecular weight is 267 g/mol. The predicted molar refractivity (Wildman–Crippen MR) is 73.2 cm³/mol. The number of carbonyl (C=O) groups is 1. The highest BCUT2D eigenvalue weighted by atomic mass is 35.5. The molecule has 1 rings (SSSR count). The molecule has 5 heteroatoms. The van der Waals surface area contributed by atoms with Gasteiger partial charge in [0.1, 0.15) is 0 Å². The summed E-state index contributed by atoms with van der Waals surface area (Å²) in [5, 5.41) is 0.599. The van der Waals surface area contributed by atoms with Crippen LogP contribution >= 0.6 is 24.2 Å². The lowest BCUT2D eigenvalue weighted by molar-refractivity contribution is -0.133. The zero-order valence-corrected chi connectivity index (χ0v) is 11.9. The first-order valence-electron chi connectivity index (χ1n) is 5.72. The van der Waals surface area contributed by atoms with E-state index in [1.807, 2.05) is 30.5 Å². The molecule has 2 atom stereocenters. The second kappa shape index (κ2) is 7.41. The van der Waals surface area contributed by atoms with Crippen LogP contribution in [0.2, 0.25) is 0 Å². The Morgan fingerprint density at radius 1 is 1.56 bits per heavy atom. The molecule has 0 aromatic rings. The van der Waals surface area contributed by atoms with Crippen LogP contribution in [-0.4, -0.2) is 40.9 Å². The van der Waals surface area contributed by atoms with Crippen molar-refractivity contribution in [3.05, 3.63) is 0 Å². The van der Waals surface area contributed by atoms with Crippen LogP contribution in [0.5, 0.6) is 0 Å². The summed E-state index contributed by atoms with van der Waals surface area (Å²) in [7, 11) is 0. The lowest BCUT2D eigenvalue weighted by Crippen LogP contribution is -2.50. The van der Waals surface area contributed by atoms with Crippen molar-refractivity contribution in [1.29, 1.82) is 0 Å². The Hall–Kier alpha value is 0.0700. The molecule has 0 saturated carbocycles. The first-order valence-corrected chi connectivity index (χ1v) is 6.77. The number of thioether (sulfide) groups is 1. The van der Waals surface area contributed by atoms with Gasteiger partial charge in [0.15, 0.2) is 0 Å². The molecule has 16 heavy (non-hydrogen) atoms. The smallest absolute Gasteiger partial charge is 0.239 e. The van der Waals surface area contributed by atoms with E-state index in [0.29, 0.717) is 5.25 Å². The third-order valence-corrected chi connectivity index (χ3v) is 4.28. The number of nitrogens with zero attached hydrogens (tertiary/aromatic N) is 1. The first-order chi connectivity index (χ1) is 7.06. The van der Waals surface area contributed by atoms with Gasteiger partial charge in [-0.3, -0.25) is 4.79 Å². The normalized spacial score (nSPS) is 22.8. The van der Waals surface area contributed by atoms with Crippen molar-refractivity contribution >= 4 is 30.1 Å². The van der Waals surface area contributed by atoms with Gasteiger partial charge in [-0.25, -0.2) is 0 Å². The molecule has 1 amide bonds. The molecule has 0 spiro atoms. The molecule has 1 aliphatic rings. The average Bonchev–Trinajstić information content (AvgIpc) is 2.27. The van der Waals surface area contributed by atoms with Crippen molar-refractivity contribution in [3.8, 4) is 0 Å². The van der Waals surface area contributed by atoms with E-state index in [0.717, 1.165) is 25.3 Å². The molecular weight excluding hydrogens is 244 g/mol. The third-order valence-electron chi connectivity index (χ3n) is 2.91. The standard InChI is InChI=1S/C11H22N2OS.ClH/c1-4-9-7-13(5-6-15-9)11(14)10(12)8(2)3;/h8-10H,4-7,12H2,1-3H3;1H. The Kier molecular flexibility index (Phi) is 7.44. The summed E-state index contributed by atoms with van der Waals surface area (Å²) in [5.74, 6) is 1.41. The summed E-state index contributed by atoms with van der Waals surface area (Å²) in [6.45, 7) is 7.91. The number of carbonyl (C=O) groups excluding carboxylic acids is 1. The molecule has 2 N–H and O–H groups in total. The number of hydrogen-bond donors (Lipinski definition) is 1. The maximum atomic E-state index is 12.0. The Labute approximate surface area is 109 Å². The van der Waals surface area contributed by atoms with Gasteiger partial charge in [-0.1, -0.05) is 20.8 Å². The molecular formula is C11H23ClN2OS. The molecule has 0 bridgehead atoms. The summed E-state index contributed by atoms with van der Waals surface area (Å²) in [6.07, 6.45) is 1.13. The topological polar surface area (TPSA) is 46.3 Å². The van der Waals surface area contributed by atoms with E-state index in [2.05, 4.69) is 6.92 Å². The van der Waals surface area contributed by atoms with Crippen molar-refractivity contribution in [3.63, 3.8) is 0 Å². The first kappa shape index (κ1) is 16.1. The molecule has 0 radical (unpaired) electrons. The van der Waals surface area contributed by atoms with Crippen molar-refractivity contribution in [1.82, 2.24) is 4.90 Å². The molecule has 1 heterocycles. The molecule has 0 aliphatic carbocycles. The third kappa shape index (κ3) is 4.15. The van der Waals surface area contributed by atoms with E-state index in [-0.39, 0.29) is 30.3 Å². The number of rotatable bonds is 3. The Balaban J connectivity index is 0.00000225. The minimum absolute atomic E-state index is 0. The van der Waals surface area contributed by atoms with Crippen LogP contribution < -0.4 is 5.73 Å². The predicted octanol–water partition coefficient (Wildman–Crippen LogP) is 1.75. The largest absolute Gasteiger partial charge is 0.339 e. The van der Waals surface area contributed by atoms with Gasteiger partial charge in [0.05, 0.1) is 6.04 Å². The SMILES string of the molecule is CCC1CN(C(=O)C(N)C(C)C)CCS1.Cl. The molecule has 2 unspecified atom stereocenters. The highest BCUT2D eigenvalue weighted by Gasteiger charge is 2.27. The minimum Gasteiger partial charge on any atom is -0.339 e. The highest BCUT2D eigenvalue weighted by Crippen LogP contribution is 2.21. The van der Waals surface area contributed by atoms with E-state index in [4.69, 9.17) is 5.73 Å². The second-order valence-corrected chi connectivity index (χ2v) is 5.86. The molecule has 3 nitrogen and oxygen atoms in total. The molecule has 0 aromatic carbocycles. The zero-order chi connectivity index (χ0) is 11.4. The van der Waals surface area contributed by atoms with Crippen LogP contribution in [0, 0.1) is 5.92 Å². The Morgan fingerprint density at radius 3 is 2.69 bits per heavy atom. The Bertz CT molecular complexity index is 226.